The van der Waals surface area contributed by atoms with E-state index in [2.05, 4.69) is 23.4 Å². The average Bonchev–Trinajstić information content (AvgIpc) is 3.05. The highest BCUT2D eigenvalue weighted by Gasteiger charge is 2.45. The van der Waals surface area contributed by atoms with Crippen LogP contribution in [0.3, 0.4) is 0 Å². The number of carbonyl (C=O) groups is 1. The minimum atomic E-state index is 0.0800. The van der Waals surface area contributed by atoms with Crippen LogP contribution in [0.2, 0.25) is 0 Å². The zero-order chi connectivity index (χ0) is 11.6. The monoisotopic (exact) mass is 242 g/mol. The lowest BCUT2D eigenvalue weighted by Gasteiger charge is -2.34. The van der Waals surface area contributed by atoms with Gasteiger partial charge in [0.15, 0.2) is 0 Å². The van der Waals surface area contributed by atoms with Gasteiger partial charge in [-0.15, -0.1) is 0 Å². The van der Waals surface area contributed by atoms with Crippen molar-refractivity contribution < 1.29 is 4.79 Å². The molecule has 1 amide bonds. The quantitative estimate of drug-likeness (QED) is 0.792. The summed E-state index contributed by atoms with van der Waals surface area (Å²) in [6.07, 6.45) is 6.89. The summed E-state index contributed by atoms with van der Waals surface area (Å²) >= 11 is 1.93. The maximum absolute atomic E-state index is 12.2. The van der Waals surface area contributed by atoms with Crippen LogP contribution in [0.5, 0.6) is 0 Å². The van der Waals surface area contributed by atoms with Crippen LogP contribution in [0, 0.1) is 0 Å². The van der Waals surface area contributed by atoms with Crippen molar-refractivity contribution in [2.24, 2.45) is 0 Å². The number of nitrogens with zero attached hydrogens (tertiary/aromatic N) is 1. The van der Waals surface area contributed by atoms with Gasteiger partial charge in [-0.2, -0.15) is 11.8 Å². The molecule has 1 aliphatic carbocycles. The van der Waals surface area contributed by atoms with Crippen molar-refractivity contribution in [3.05, 3.63) is 0 Å². The summed E-state index contributed by atoms with van der Waals surface area (Å²) in [5, 5.41) is 3.29. The third-order valence-corrected chi connectivity index (χ3v) is 5.10. The lowest BCUT2D eigenvalue weighted by atomic mass is 10.0. The zero-order valence-corrected chi connectivity index (χ0v) is 11.1. The molecule has 0 aromatic carbocycles. The highest BCUT2D eigenvalue weighted by molar-refractivity contribution is 8.00. The first-order chi connectivity index (χ1) is 7.71. The predicted octanol–water partition coefficient (Wildman–Crippen LogP) is 1.48. The van der Waals surface area contributed by atoms with E-state index in [0.29, 0.717) is 10.7 Å². The maximum atomic E-state index is 12.2. The van der Waals surface area contributed by atoms with Gasteiger partial charge in [-0.25, -0.2) is 0 Å². The Hall–Kier alpha value is -0.220. The highest BCUT2D eigenvalue weighted by atomic mass is 32.2. The van der Waals surface area contributed by atoms with E-state index in [1.54, 1.807) is 0 Å². The number of rotatable bonds is 5. The van der Waals surface area contributed by atoms with Crippen molar-refractivity contribution in [3.8, 4) is 0 Å². The van der Waals surface area contributed by atoms with Crippen LogP contribution in [-0.4, -0.2) is 47.5 Å². The molecule has 2 fully saturated rings. The molecule has 1 saturated carbocycles. The number of hydrogen-bond donors (Lipinski definition) is 1. The van der Waals surface area contributed by atoms with Crippen LogP contribution in [0.15, 0.2) is 0 Å². The first-order valence-corrected chi connectivity index (χ1v) is 7.50. The summed E-state index contributed by atoms with van der Waals surface area (Å²) in [5.74, 6) is 0.327. The van der Waals surface area contributed by atoms with E-state index in [4.69, 9.17) is 0 Å². The minimum absolute atomic E-state index is 0.0800. The molecule has 4 heteroatoms. The molecular formula is C12H22N2OS. The number of hydrogen-bond acceptors (Lipinski definition) is 3. The Labute approximate surface area is 102 Å². The van der Waals surface area contributed by atoms with Gasteiger partial charge >= 0.3 is 0 Å². The summed E-state index contributed by atoms with van der Waals surface area (Å²) in [6, 6.07) is 0.0800. The number of carbonyl (C=O) groups excluding carboxylic acids is 1. The van der Waals surface area contributed by atoms with E-state index < -0.39 is 0 Å². The standard InChI is InChI=1S/C12H22N2OS/c1-3-13-10-5-4-8-14(11(10)15)9-12(16-2)6-7-12/h10,13H,3-9H2,1-2H3. The Morgan fingerprint density at radius 2 is 2.31 bits per heavy atom. The molecular weight excluding hydrogens is 220 g/mol. The fourth-order valence-corrected chi connectivity index (χ4v) is 3.24. The highest BCUT2D eigenvalue weighted by Crippen LogP contribution is 2.47. The molecule has 1 atom stereocenters. The second-order valence-corrected chi connectivity index (χ2v) is 6.17. The number of thioether (sulfide) groups is 1. The second kappa shape index (κ2) is 4.96. The lowest BCUT2D eigenvalue weighted by molar-refractivity contribution is -0.136. The van der Waals surface area contributed by atoms with Gasteiger partial charge < -0.3 is 10.2 Å². The first kappa shape index (κ1) is 12.2. The minimum Gasteiger partial charge on any atom is -0.340 e. The Morgan fingerprint density at radius 1 is 1.56 bits per heavy atom. The van der Waals surface area contributed by atoms with Crippen molar-refractivity contribution >= 4 is 17.7 Å². The summed E-state index contributed by atoms with van der Waals surface area (Å²) < 4.78 is 0.407. The van der Waals surface area contributed by atoms with Crippen molar-refractivity contribution in [2.75, 3.05) is 25.9 Å². The van der Waals surface area contributed by atoms with E-state index >= 15 is 0 Å². The molecule has 2 aliphatic rings. The molecule has 1 N–H and O–H groups in total. The van der Waals surface area contributed by atoms with E-state index in [-0.39, 0.29) is 6.04 Å². The summed E-state index contributed by atoms with van der Waals surface area (Å²) in [5.41, 5.74) is 0. The van der Waals surface area contributed by atoms with Crippen LogP contribution in [0.4, 0.5) is 0 Å². The Kier molecular flexibility index (Phi) is 3.80. The van der Waals surface area contributed by atoms with E-state index in [1.165, 1.54) is 12.8 Å². The Morgan fingerprint density at radius 3 is 2.88 bits per heavy atom. The van der Waals surface area contributed by atoms with Gasteiger partial charge in [-0.05, 0) is 38.5 Å². The van der Waals surface area contributed by atoms with Gasteiger partial charge in [0, 0.05) is 17.8 Å². The molecule has 2 rings (SSSR count). The van der Waals surface area contributed by atoms with Crippen LogP contribution in [0.1, 0.15) is 32.6 Å². The van der Waals surface area contributed by atoms with Gasteiger partial charge in [-0.1, -0.05) is 6.92 Å². The smallest absolute Gasteiger partial charge is 0.239 e. The third kappa shape index (κ3) is 2.54. The Balaban J connectivity index is 1.91. The fourth-order valence-electron chi connectivity index (χ4n) is 2.45. The largest absolute Gasteiger partial charge is 0.340 e. The number of nitrogens with one attached hydrogen (secondary N) is 1. The van der Waals surface area contributed by atoms with Gasteiger partial charge in [0.2, 0.25) is 5.91 Å². The van der Waals surface area contributed by atoms with Crippen LogP contribution < -0.4 is 5.32 Å². The molecule has 3 nitrogen and oxygen atoms in total. The molecule has 0 aromatic heterocycles. The SMILES string of the molecule is CCNC1CCCN(CC2(SC)CC2)C1=O. The molecule has 1 heterocycles. The molecule has 16 heavy (non-hydrogen) atoms. The molecule has 1 unspecified atom stereocenters. The fraction of sp³-hybridized carbons (Fsp3) is 0.917. The van der Waals surface area contributed by atoms with Gasteiger partial charge in [0.05, 0.1) is 6.04 Å². The molecule has 0 radical (unpaired) electrons. The molecule has 0 bridgehead atoms. The normalized spacial score (nSPS) is 28.2. The van der Waals surface area contributed by atoms with Crippen molar-refractivity contribution in [1.29, 1.82) is 0 Å². The maximum Gasteiger partial charge on any atom is 0.239 e. The van der Waals surface area contributed by atoms with Gasteiger partial charge in [-0.3, -0.25) is 4.79 Å². The topological polar surface area (TPSA) is 32.3 Å². The van der Waals surface area contributed by atoms with E-state index in [1.807, 2.05) is 11.8 Å². The summed E-state index contributed by atoms with van der Waals surface area (Å²) in [6.45, 7) is 4.88. The van der Waals surface area contributed by atoms with Crippen LogP contribution >= 0.6 is 11.8 Å². The van der Waals surface area contributed by atoms with Crippen LogP contribution in [0.25, 0.3) is 0 Å². The number of likely N-dealkylation sites (N-methyl/N-ethyl adjacent to an activating group) is 1. The number of likely N-dealkylation sites (tertiary alicyclic amines) is 1. The molecule has 92 valence electrons. The van der Waals surface area contributed by atoms with Crippen LogP contribution in [-0.2, 0) is 4.79 Å². The number of piperidine rings is 1. The first-order valence-electron chi connectivity index (χ1n) is 6.28. The second-order valence-electron chi connectivity index (χ2n) is 4.90. The van der Waals surface area contributed by atoms with Crippen molar-refractivity contribution in [1.82, 2.24) is 10.2 Å². The number of amides is 1. The Bertz CT molecular complexity index is 264. The van der Waals surface area contributed by atoms with Gasteiger partial charge in [0.1, 0.15) is 0 Å². The molecule has 1 aliphatic heterocycles. The van der Waals surface area contributed by atoms with E-state index in [0.717, 1.165) is 32.5 Å². The summed E-state index contributed by atoms with van der Waals surface area (Å²) in [7, 11) is 0. The summed E-state index contributed by atoms with van der Waals surface area (Å²) in [4.78, 5) is 14.3. The molecule has 1 saturated heterocycles. The lowest BCUT2D eigenvalue weighted by Crippen LogP contribution is -2.52. The molecule has 0 spiro atoms. The average molecular weight is 242 g/mol. The van der Waals surface area contributed by atoms with Gasteiger partial charge in [0.25, 0.3) is 0 Å². The van der Waals surface area contributed by atoms with E-state index in [9.17, 15) is 4.79 Å². The van der Waals surface area contributed by atoms with Crippen molar-refractivity contribution in [3.63, 3.8) is 0 Å². The zero-order valence-electron chi connectivity index (χ0n) is 10.3. The molecule has 0 aromatic rings. The predicted molar refractivity (Wildman–Crippen MR) is 68.8 cm³/mol. The third-order valence-electron chi connectivity index (χ3n) is 3.70. The van der Waals surface area contributed by atoms with Crippen molar-refractivity contribution in [2.45, 2.75) is 43.4 Å².